The van der Waals surface area contributed by atoms with Crippen molar-refractivity contribution in [1.82, 2.24) is 0 Å². The zero-order valence-electron chi connectivity index (χ0n) is 10.6. The van der Waals surface area contributed by atoms with E-state index < -0.39 is 11.6 Å². The first-order valence-corrected chi connectivity index (χ1v) is 6.43. The van der Waals surface area contributed by atoms with Crippen molar-refractivity contribution in [1.29, 1.82) is 0 Å². The molecule has 0 radical (unpaired) electrons. The summed E-state index contributed by atoms with van der Waals surface area (Å²) >= 11 is 5.88. The van der Waals surface area contributed by atoms with Gasteiger partial charge in [-0.25, -0.2) is 4.39 Å². The molecular formula is C16H10ClFO2. The molecule has 3 aromatic rings. The quantitative estimate of drug-likeness (QED) is 0.636. The molecule has 0 aliphatic heterocycles. The molecule has 100 valence electrons. The highest BCUT2D eigenvalue weighted by atomic mass is 35.5. The first-order valence-electron chi connectivity index (χ1n) is 6.05. The van der Waals surface area contributed by atoms with Gasteiger partial charge in [0.05, 0.1) is 5.56 Å². The van der Waals surface area contributed by atoms with Gasteiger partial charge in [-0.1, -0.05) is 23.7 Å². The molecule has 3 rings (SSSR count). The van der Waals surface area contributed by atoms with Gasteiger partial charge in [0, 0.05) is 10.4 Å². The molecule has 0 unspecified atom stereocenters. The summed E-state index contributed by atoms with van der Waals surface area (Å²) in [4.78, 5) is 12.3. The van der Waals surface area contributed by atoms with Crippen LogP contribution in [0.2, 0.25) is 5.02 Å². The topological polar surface area (TPSA) is 30.2 Å². The number of hydrogen-bond acceptors (Lipinski definition) is 2. The molecule has 1 heterocycles. The van der Waals surface area contributed by atoms with Crippen LogP contribution in [-0.2, 0) is 0 Å². The molecule has 0 fully saturated rings. The van der Waals surface area contributed by atoms with Gasteiger partial charge in [0.1, 0.15) is 11.4 Å². The molecule has 2 nitrogen and oxygen atoms in total. The fraction of sp³-hybridized carbons (Fsp3) is 0.0625. The number of carbonyl (C=O) groups is 1. The van der Waals surface area contributed by atoms with Crippen LogP contribution in [0, 0.1) is 12.7 Å². The number of carbonyl (C=O) groups excluding carboxylic acids is 1. The number of hydrogen-bond donors (Lipinski definition) is 0. The highest BCUT2D eigenvalue weighted by Crippen LogP contribution is 2.25. The molecule has 0 atom stereocenters. The molecular weight excluding hydrogens is 279 g/mol. The summed E-state index contributed by atoms with van der Waals surface area (Å²) < 4.78 is 19.4. The number of furan rings is 1. The Hall–Kier alpha value is -2.13. The molecule has 20 heavy (non-hydrogen) atoms. The Bertz CT molecular complexity index is 820. The van der Waals surface area contributed by atoms with Gasteiger partial charge in [-0.05, 0) is 42.8 Å². The van der Waals surface area contributed by atoms with Crippen molar-refractivity contribution in [3.05, 3.63) is 70.2 Å². The summed E-state index contributed by atoms with van der Waals surface area (Å²) in [6, 6.07) is 11.3. The SMILES string of the molecule is Cc1cccc(C(=O)c2cc3cc(Cl)ccc3o2)c1F. The van der Waals surface area contributed by atoms with Crippen LogP contribution in [0.15, 0.2) is 46.9 Å². The number of ketones is 1. The van der Waals surface area contributed by atoms with Crippen molar-refractivity contribution in [3.8, 4) is 0 Å². The summed E-state index contributed by atoms with van der Waals surface area (Å²) in [7, 11) is 0. The molecule has 0 spiro atoms. The molecule has 0 saturated heterocycles. The van der Waals surface area contributed by atoms with E-state index in [-0.39, 0.29) is 11.3 Å². The maximum atomic E-state index is 14.0. The van der Waals surface area contributed by atoms with Gasteiger partial charge in [-0.2, -0.15) is 0 Å². The Morgan fingerprint density at radius 3 is 2.80 bits per heavy atom. The fourth-order valence-electron chi connectivity index (χ4n) is 2.08. The summed E-state index contributed by atoms with van der Waals surface area (Å²) in [5.74, 6) is -0.888. The number of fused-ring (bicyclic) bond motifs is 1. The van der Waals surface area contributed by atoms with Gasteiger partial charge in [-0.3, -0.25) is 4.79 Å². The van der Waals surface area contributed by atoms with E-state index in [1.54, 1.807) is 43.3 Å². The van der Waals surface area contributed by atoms with E-state index in [0.717, 1.165) is 0 Å². The lowest BCUT2D eigenvalue weighted by Crippen LogP contribution is -2.04. The lowest BCUT2D eigenvalue weighted by atomic mass is 10.1. The number of halogens is 2. The third-order valence-corrected chi connectivity index (χ3v) is 3.37. The van der Waals surface area contributed by atoms with E-state index in [2.05, 4.69) is 0 Å². The summed E-state index contributed by atoms with van der Waals surface area (Å²) in [6.45, 7) is 1.62. The Morgan fingerprint density at radius 1 is 1.20 bits per heavy atom. The maximum absolute atomic E-state index is 14.0. The van der Waals surface area contributed by atoms with Crippen LogP contribution >= 0.6 is 11.6 Å². The maximum Gasteiger partial charge on any atom is 0.231 e. The average molecular weight is 289 g/mol. The van der Waals surface area contributed by atoms with Crippen molar-refractivity contribution in [3.63, 3.8) is 0 Å². The molecule has 2 aromatic carbocycles. The highest BCUT2D eigenvalue weighted by molar-refractivity contribution is 6.31. The van der Waals surface area contributed by atoms with E-state index in [4.69, 9.17) is 16.0 Å². The zero-order valence-corrected chi connectivity index (χ0v) is 11.4. The van der Waals surface area contributed by atoms with Crippen LogP contribution in [-0.4, -0.2) is 5.78 Å². The van der Waals surface area contributed by atoms with Crippen LogP contribution in [0.3, 0.4) is 0 Å². The second-order valence-corrected chi connectivity index (χ2v) is 4.99. The largest absolute Gasteiger partial charge is 0.453 e. The predicted molar refractivity (Wildman–Crippen MR) is 75.8 cm³/mol. The molecule has 1 aromatic heterocycles. The van der Waals surface area contributed by atoms with Crippen LogP contribution in [0.5, 0.6) is 0 Å². The molecule has 0 aliphatic rings. The van der Waals surface area contributed by atoms with Gasteiger partial charge in [-0.15, -0.1) is 0 Å². The Balaban J connectivity index is 2.10. The summed E-state index contributed by atoms with van der Waals surface area (Å²) in [6.07, 6.45) is 0. The van der Waals surface area contributed by atoms with Gasteiger partial charge < -0.3 is 4.42 Å². The van der Waals surface area contributed by atoms with Crippen molar-refractivity contribution < 1.29 is 13.6 Å². The smallest absolute Gasteiger partial charge is 0.231 e. The van der Waals surface area contributed by atoms with Crippen LogP contribution in [0.4, 0.5) is 4.39 Å². The van der Waals surface area contributed by atoms with E-state index in [9.17, 15) is 9.18 Å². The van der Waals surface area contributed by atoms with Crippen molar-refractivity contribution in [2.24, 2.45) is 0 Å². The average Bonchev–Trinajstić information content (AvgIpc) is 2.84. The van der Waals surface area contributed by atoms with Crippen molar-refractivity contribution in [2.45, 2.75) is 6.92 Å². The summed E-state index contributed by atoms with van der Waals surface area (Å²) in [5.41, 5.74) is 0.982. The van der Waals surface area contributed by atoms with Crippen LogP contribution in [0.1, 0.15) is 21.7 Å². The number of benzene rings is 2. The number of aryl methyl sites for hydroxylation is 1. The van der Waals surface area contributed by atoms with Crippen LogP contribution < -0.4 is 0 Å². The minimum Gasteiger partial charge on any atom is -0.453 e. The third kappa shape index (κ3) is 2.10. The van der Waals surface area contributed by atoms with E-state index in [0.29, 0.717) is 21.6 Å². The minimum absolute atomic E-state index is 0.00940. The predicted octanol–water partition coefficient (Wildman–Crippen LogP) is 4.76. The Kier molecular flexibility index (Phi) is 3.07. The molecule has 0 aliphatic carbocycles. The zero-order chi connectivity index (χ0) is 14.3. The van der Waals surface area contributed by atoms with Gasteiger partial charge >= 0.3 is 0 Å². The first-order chi connectivity index (χ1) is 9.56. The normalized spacial score (nSPS) is 10.9. The molecule has 0 bridgehead atoms. The lowest BCUT2D eigenvalue weighted by Gasteiger charge is -2.02. The lowest BCUT2D eigenvalue weighted by molar-refractivity contribution is 0.101. The first kappa shape index (κ1) is 12.9. The highest BCUT2D eigenvalue weighted by Gasteiger charge is 2.19. The van der Waals surface area contributed by atoms with Crippen molar-refractivity contribution >= 4 is 28.4 Å². The third-order valence-electron chi connectivity index (χ3n) is 3.14. The minimum atomic E-state index is -0.518. The standard InChI is InChI=1S/C16H10ClFO2/c1-9-3-2-4-12(15(9)18)16(19)14-8-10-7-11(17)5-6-13(10)20-14/h2-8H,1H3. The van der Waals surface area contributed by atoms with Gasteiger partial charge in [0.15, 0.2) is 5.76 Å². The molecule has 0 amide bonds. The Morgan fingerprint density at radius 2 is 2.00 bits per heavy atom. The Labute approximate surface area is 119 Å². The second kappa shape index (κ2) is 4.76. The van der Waals surface area contributed by atoms with E-state index in [1.165, 1.54) is 6.07 Å². The molecule has 0 saturated carbocycles. The van der Waals surface area contributed by atoms with E-state index >= 15 is 0 Å². The van der Waals surface area contributed by atoms with Crippen LogP contribution in [0.25, 0.3) is 11.0 Å². The summed E-state index contributed by atoms with van der Waals surface area (Å²) in [5, 5.41) is 1.27. The second-order valence-electron chi connectivity index (χ2n) is 4.56. The van der Waals surface area contributed by atoms with E-state index in [1.807, 2.05) is 0 Å². The number of rotatable bonds is 2. The monoisotopic (exact) mass is 288 g/mol. The fourth-order valence-corrected chi connectivity index (χ4v) is 2.26. The van der Waals surface area contributed by atoms with Gasteiger partial charge in [0.25, 0.3) is 0 Å². The molecule has 4 heteroatoms. The van der Waals surface area contributed by atoms with Crippen molar-refractivity contribution in [2.75, 3.05) is 0 Å². The van der Waals surface area contributed by atoms with Gasteiger partial charge in [0.2, 0.25) is 5.78 Å². The molecule has 0 N–H and O–H groups in total.